The van der Waals surface area contributed by atoms with E-state index >= 15 is 0 Å². The van der Waals surface area contributed by atoms with Crippen molar-refractivity contribution in [1.82, 2.24) is 9.78 Å². The van der Waals surface area contributed by atoms with Gasteiger partial charge in [0, 0.05) is 13.3 Å². The van der Waals surface area contributed by atoms with Crippen molar-refractivity contribution in [3.05, 3.63) is 12.3 Å². The third-order valence-electron chi connectivity index (χ3n) is 2.30. The number of nitrogens with two attached hydrogens (primary N) is 1. The Balaban J connectivity index is 1.79. The second-order valence-electron chi connectivity index (χ2n) is 3.83. The first-order valence-corrected chi connectivity index (χ1v) is 6.34. The molecular weight excluding hydrogens is 250 g/mol. The minimum Gasteiger partial charge on any atom is -0.382 e. The second-order valence-corrected chi connectivity index (χ2v) is 3.83. The third-order valence-corrected chi connectivity index (χ3v) is 2.30. The molecule has 1 aromatic heterocycles. The fourth-order valence-electron chi connectivity index (χ4n) is 1.34. The highest BCUT2D eigenvalue weighted by atomic mass is 16.6. The number of hydrogen-bond acceptors (Lipinski definition) is 6. The zero-order valence-corrected chi connectivity index (χ0v) is 11.4. The standard InChI is InChI=1S/C12H23N3O4/c1-16-6-7-18-10-11-19-9-8-17-5-4-15-3-2-12(13)14-15/h2-3H,4-11H2,1H3,(H2,13,14). The van der Waals surface area contributed by atoms with Gasteiger partial charge in [-0.25, -0.2) is 0 Å². The van der Waals surface area contributed by atoms with E-state index in [-0.39, 0.29) is 0 Å². The van der Waals surface area contributed by atoms with E-state index in [0.29, 0.717) is 58.6 Å². The number of nitrogen functional groups attached to an aromatic ring is 1. The Bertz CT molecular complexity index is 320. The molecule has 0 amide bonds. The average molecular weight is 273 g/mol. The van der Waals surface area contributed by atoms with E-state index in [2.05, 4.69) is 5.10 Å². The Morgan fingerprint density at radius 1 is 1.00 bits per heavy atom. The summed E-state index contributed by atoms with van der Waals surface area (Å²) in [5.41, 5.74) is 5.49. The molecule has 1 rings (SSSR count). The van der Waals surface area contributed by atoms with E-state index in [9.17, 15) is 0 Å². The summed E-state index contributed by atoms with van der Waals surface area (Å²) in [6.07, 6.45) is 1.83. The van der Waals surface area contributed by atoms with E-state index in [1.807, 2.05) is 6.20 Å². The predicted molar refractivity (Wildman–Crippen MR) is 71.0 cm³/mol. The molecule has 0 spiro atoms. The number of rotatable bonds is 12. The molecule has 110 valence electrons. The van der Waals surface area contributed by atoms with Crippen molar-refractivity contribution in [3.8, 4) is 0 Å². The molecule has 7 heteroatoms. The minimum atomic E-state index is 0.525. The van der Waals surface area contributed by atoms with Gasteiger partial charge in [-0.15, -0.1) is 0 Å². The number of anilines is 1. The fourth-order valence-corrected chi connectivity index (χ4v) is 1.34. The molecule has 0 radical (unpaired) electrons. The molecule has 2 N–H and O–H groups in total. The average Bonchev–Trinajstić information content (AvgIpc) is 2.82. The van der Waals surface area contributed by atoms with Crippen LogP contribution in [-0.4, -0.2) is 63.1 Å². The van der Waals surface area contributed by atoms with E-state index < -0.39 is 0 Å². The number of nitrogens with zero attached hydrogens (tertiary/aromatic N) is 2. The van der Waals surface area contributed by atoms with Crippen LogP contribution in [0, 0.1) is 0 Å². The number of hydrogen-bond donors (Lipinski definition) is 1. The van der Waals surface area contributed by atoms with Gasteiger partial charge in [-0.05, 0) is 6.07 Å². The van der Waals surface area contributed by atoms with Gasteiger partial charge in [0.2, 0.25) is 0 Å². The smallest absolute Gasteiger partial charge is 0.145 e. The normalized spacial score (nSPS) is 11.0. The molecular formula is C12H23N3O4. The largest absolute Gasteiger partial charge is 0.382 e. The predicted octanol–water partition coefficient (Wildman–Crippen LogP) is 0.162. The Kier molecular flexibility index (Phi) is 8.99. The molecule has 0 aliphatic heterocycles. The number of methoxy groups -OCH3 is 1. The second kappa shape index (κ2) is 10.7. The molecule has 0 saturated carbocycles. The topological polar surface area (TPSA) is 80.8 Å². The highest BCUT2D eigenvalue weighted by molar-refractivity contribution is 5.23. The summed E-state index contributed by atoms with van der Waals surface area (Å²) in [6, 6.07) is 1.76. The quantitative estimate of drug-likeness (QED) is 0.546. The van der Waals surface area contributed by atoms with Gasteiger partial charge in [0.15, 0.2) is 0 Å². The van der Waals surface area contributed by atoms with Crippen molar-refractivity contribution in [1.29, 1.82) is 0 Å². The monoisotopic (exact) mass is 273 g/mol. The molecule has 0 atom stereocenters. The molecule has 1 aromatic rings. The van der Waals surface area contributed by atoms with E-state index in [1.54, 1.807) is 17.9 Å². The van der Waals surface area contributed by atoms with Crippen molar-refractivity contribution in [2.24, 2.45) is 0 Å². The molecule has 0 unspecified atom stereocenters. The van der Waals surface area contributed by atoms with Crippen LogP contribution in [0.3, 0.4) is 0 Å². The van der Waals surface area contributed by atoms with Crippen LogP contribution >= 0.6 is 0 Å². The van der Waals surface area contributed by atoms with Crippen LogP contribution in [0.4, 0.5) is 5.82 Å². The maximum absolute atomic E-state index is 5.49. The van der Waals surface area contributed by atoms with Crippen LogP contribution in [0.2, 0.25) is 0 Å². The Morgan fingerprint density at radius 2 is 1.58 bits per heavy atom. The molecule has 0 fully saturated rings. The molecule has 0 aliphatic carbocycles. The SMILES string of the molecule is COCCOCCOCCOCCn1ccc(N)n1. The summed E-state index contributed by atoms with van der Waals surface area (Å²) in [5.74, 6) is 0.525. The van der Waals surface area contributed by atoms with E-state index in [0.717, 1.165) is 0 Å². The van der Waals surface area contributed by atoms with Crippen molar-refractivity contribution < 1.29 is 18.9 Å². The van der Waals surface area contributed by atoms with Gasteiger partial charge >= 0.3 is 0 Å². The lowest BCUT2D eigenvalue weighted by atomic mass is 10.6. The fraction of sp³-hybridized carbons (Fsp3) is 0.750. The van der Waals surface area contributed by atoms with Crippen LogP contribution < -0.4 is 5.73 Å². The Labute approximate surface area is 113 Å². The van der Waals surface area contributed by atoms with E-state index in [1.165, 1.54) is 0 Å². The summed E-state index contributed by atoms with van der Waals surface area (Å²) in [4.78, 5) is 0. The van der Waals surface area contributed by atoms with Crippen LogP contribution in [-0.2, 0) is 25.5 Å². The van der Waals surface area contributed by atoms with Crippen LogP contribution in [0.1, 0.15) is 0 Å². The zero-order valence-electron chi connectivity index (χ0n) is 11.4. The molecule has 0 saturated heterocycles. The van der Waals surface area contributed by atoms with Gasteiger partial charge in [-0.1, -0.05) is 0 Å². The minimum absolute atomic E-state index is 0.525. The van der Waals surface area contributed by atoms with Crippen molar-refractivity contribution >= 4 is 5.82 Å². The van der Waals surface area contributed by atoms with Crippen molar-refractivity contribution in [2.45, 2.75) is 6.54 Å². The highest BCUT2D eigenvalue weighted by Crippen LogP contribution is 1.95. The van der Waals surface area contributed by atoms with Crippen molar-refractivity contribution in [2.75, 3.05) is 59.1 Å². The van der Waals surface area contributed by atoms with Crippen LogP contribution in [0.15, 0.2) is 12.3 Å². The summed E-state index contributed by atoms with van der Waals surface area (Å²) in [6.45, 7) is 4.78. The first-order chi connectivity index (χ1) is 9.33. The Hall–Kier alpha value is -1.15. The summed E-state index contributed by atoms with van der Waals surface area (Å²) < 4.78 is 22.6. The van der Waals surface area contributed by atoms with Gasteiger partial charge in [0.25, 0.3) is 0 Å². The molecule has 1 heterocycles. The van der Waals surface area contributed by atoms with Crippen molar-refractivity contribution in [3.63, 3.8) is 0 Å². The maximum Gasteiger partial charge on any atom is 0.145 e. The van der Waals surface area contributed by atoms with Gasteiger partial charge < -0.3 is 24.7 Å². The number of ether oxygens (including phenoxy) is 4. The van der Waals surface area contributed by atoms with Gasteiger partial charge in [-0.3, -0.25) is 4.68 Å². The van der Waals surface area contributed by atoms with Gasteiger partial charge in [-0.2, -0.15) is 5.10 Å². The lowest BCUT2D eigenvalue weighted by Gasteiger charge is -2.06. The molecule has 0 aromatic carbocycles. The molecule has 0 aliphatic rings. The third kappa shape index (κ3) is 8.55. The molecule has 0 bridgehead atoms. The van der Waals surface area contributed by atoms with E-state index in [4.69, 9.17) is 24.7 Å². The van der Waals surface area contributed by atoms with Gasteiger partial charge in [0.1, 0.15) is 5.82 Å². The lowest BCUT2D eigenvalue weighted by Crippen LogP contribution is -2.13. The van der Waals surface area contributed by atoms with Gasteiger partial charge in [0.05, 0.1) is 52.8 Å². The summed E-state index contributed by atoms with van der Waals surface area (Å²) >= 11 is 0. The molecule has 19 heavy (non-hydrogen) atoms. The zero-order chi connectivity index (χ0) is 13.8. The first kappa shape index (κ1) is 15.9. The molecule has 7 nitrogen and oxygen atoms in total. The van der Waals surface area contributed by atoms with Crippen LogP contribution in [0.5, 0.6) is 0 Å². The summed E-state index contributed by atoms with van der Waals surface area (Å²) in [5, 5.41) is 4.05. The maximum atomic E-state index is 5.49. The van der Waals surface area contributed by atoms with Crippen LogP contribution in [0.25, 0.3) is 0 Å². The highest BCUT2D eigenvalue weighted by Gasteiger charge is 1.95. The first-order valence-electron chi connectivity index (χ1n) is 6.34. The lowest BCUT2D eigenvalue weighted by molar-refractivity contribution is 0.00249. The number of aromatic nitrogens is 2. The summed E-state index contributed by atoms with van der Waals surface area (Å²) in [7, 11) is 1.65. The Morgan fingerprint density at radius 3 is 2.11 bits per heavy atom.